The molecule has 20 heavy (non-hydrogen) atoms. The van der Waals surface area contributed by atoms with E-state index >= 15 is 0 Å². The van der Waals surface area contributed by atoms with E-state index < -0.39 is 10.8 Å². The highest BCUT2D eigenvalue weighted by atomic mass is 32.2. The third kappa shape index (κ3) is 3.03. The summed E-state index contributed by atoms with van der Waals surface area (Å²) in [5.74, 6) is 0.244. The Bertz CT molecular complexity index is 527. The van der Waals surface area contributed by atoms with Crippen molar-refractivity contribution in [1.29, 1.82) is 0 Å². The van der Waals surface area contributed by atoms with Gasteiger partial charge in [-0.25, -0.2) is 0 Å². The molecular weight excluding hydrogens is 272 g/mol. The fourth-order valence-corrected chi connectivity index (χ4v) is 3.89. The maximum absolute atomic E-state index is 12.3. The van der Waals surface area contributed by atoms with Crippen LogP contribution in [0.3, 0.4) is 0 Å². The van der Waals surface area contributed by atoms with Crippen molar-refractivity contribution in [1.82, 2.24) is 0 Å². The molecule has 1 heterocycles. The second-order valence-electron chi connectivity index (χ2n) is 5.48. The van der Waals surface area contributed by atoms with Crippen LogP contribution >= 0.6 is 0 Å². The third-order valence-electron chi connectivity index (χ3n) is 3.94. The standard InChI is InChI=1S/C16H20O3S/c1-13-2-4-15(5-3-13)20(17)12-14-6-8-16(9-7-14)18-10-11-19-16/h2-6H,7-12H2,1H3/t20-/m0/s1. The fraction of sp³-hybridized carbons (Fsp3) is 0.500. The molecule has 1 fully saturated rings. The molecule has 0 amide bonds. The van der Waals surface area contributed by atoms with E-state index in [0.29, 0.717) is 19.0 Å². The molecule has 3 nitrogen and oxygen atoms in total. The summed E-state index contributed by atoms with van der Waals surface area (Å²) < 4.78 is 23.7. The molecule has 0 bridgehead atoms. The number of ether oxygens (including phenoxy) is 2. The molecule has 108 valence electrons. The fourth-order valence-electron chi connectivity index (χ4n) is 2.69. The van der Waals surface area contributed by atoms with Gasteiger partial charge in [0.25, 0.3) is 0 Å². The Morgan fingerprint density at radius 3 is 2.50 bits per heavy atom. The summed E-state index contributed by atoms with van der Waals surface area (Å²) in [6.45, 7) is 3.42. The molecule has 3 rings (SSSR count). The van der Waals surface area contributed by atoms with Crippen molar-refractivity contribution in [3.8, 4) is 0 Å². The number of hydrogen-bond acceptors (Lipinski definition) is 3. The van der Waals surface area contributed by atoms with Crippen molar-refractivity contribution in [2.24, 2.45) is 0 Å². The lowest BCUT2D eigenvalue weighted by Crippen LogP contribution is -2.32. The van der Waals surface area contributed by atoms with Crippen molar-refractivity contribution in [3.63, 3.8) is 0 Å². The highest BCUT2D eigenvalue weighted by Gasteiger charge is 2.37. The maximum Gasteiger partial charge on any atom is 0.172 e. The summed E-state index contributed by atoms with van der Waals surface area (Å²) in [7, 11) is -0.952. The van der Waals surface area contributed by atoms with Crippen molar-refractivity contribution < 1.29 is 13.7 Å². The lowest BCUT2D eigenvalue weighted by Gasteiger charge is -2.30. The second kappa shape index (κ2) is 5.80. The van der Waals surface area contributed by atoms with Crippen LogP contribution in [-0.2, 0) is 20.3 Å². The molecule has 0 saturated carbocycles. The molecule has 1 atom stereocenters. The van der Waals surface area contributed by atoms with Crippen LogP contribution in [0.2, 0.25) is 0 Å². The largest absolute Gasteiger partial charge is 0.347 e. The predicted octanol–water partition coefficient (Wildman–Crippen LogP) is 2.96. The van der Waals surface area contributed by atoms with Crippen LogP contribution in [0.5, 0.6) is 0 Å². The Balaban J connectivity index is 1.62. The smallest absolute Gasteiger partial charge is 0.172 e. The minimum absolute atomic E-state index is 0.380. The minimum Gasteiger partial charge on any atom is -0.347 e. The Hall–Kier alpha value is -0.970. The van der Waals surface area contributed by atoms with Gasteiger partial charge in [0.05, 0.1) is 24.0 Å². The SMILES string of the molecule is Cc1ccc([S@@](=O)CC2=CCC3(CC2)OCCO3)cc1. The highest BCUT2D eigenvalue weighted by Crippen LogP contribution is 2.35. The van der Waals surface area contributed by atoms with Crippen molar-refractivity contribution in [2.45, 2.75) is 36.9 Å². The van der Waals surface area contributed by atoms with Gasteiger partial charge in [0.15, 0.2) is 5.79 Å². The summed E-state index contributed by atoms with van der Waals surface area (Å²) in [6, 6.07) is 7.94. The first-order valence-electron chi connectivity index (χ1n) is 7.08. The first-order chi connectivity index (χ1) is 9.67. The van der Waals surface area contributed by atoms with Crippen molar-refractivity contribution in [3.05, 3.63) is 41.5 Å². The average molecular weight is 292 g/mol. The highest BCUT2D eigenvalue weighted by molar-refractivity contribution is 7.85. The van der Waals surface area contributed by atoms with Crippen LogP contribution < -0.4 is 0 Å². The zero-order chi connectivity index (χ0) is 14.0. The molecule has 1 aromatic carbocycles. The normalized spacial score (nSPS) is 22.8. The van der Waals surface area contributed by atoms with Gasteiger partial charge in [-0.05, 0) is 25.5 Å². The van der Waals surface area contributed by atoms with Gasteiger partial charge in [-0.1, -0.05) is 29.3 Å². The van der Waals surface area contributed by atoms with E-state index in [-0.39, 0.29) is 5.79 Å². The van der Waals surface area contributed by atoms with E-state index in [4.69, 9.17) is 9.47 Å². The van der Waals surface area contributed by atoms with Gasteiger partial charge in [-0.3, -0.25) is 4.21 Å². The molecule has 1 saturated heterocycles. The predicted molar refractivity (Wildman–Crippen MR) is 79.0 cm³/mol. The summed E-state index contributed by atoms with van der Waals surface area (Å²) in [5.41, 5.74) is 2.45. The van der Waals surface area contributed by atoms with E-state index in [1.165, 1.54) is 11.1 Å². The first-order valence-corrected chi connectivity index (χ1v) is 8.40. The molecule has 1 aliphatic carbocycles. The van der Waals surface area contributed by atoms with Crippen LogP contribution in [0.4, 0.5) is 0 Å². The number of rotatable bonds is 3. The number of aryl methyl sites for hydroxylation is 1. The Morgan fingerprint density at radius 1 is 1.20 bits per heavy atom. The van der Waals surface area contributed by atoms with E-state index in [2.05, 4.69) is 6.08 Å². The third-order valence-corrected chi connectivity index (χ3v) is 5.37. The molecule has 1 aliphatic heterocycles. The van der Waals surface area contributed by atoms with Gasteiger partial charge in [0, 0.05) is 23.5 Å². The summed E-state index contributed by atoms with van der Waals surface area (Å²) >= 11 is 0. The van der Waals surface area contributed by atoms with Crippen LogP contribution in [0.15, 0.2) is 40.8 Å². The van der Waals surface area contributed by atoms with Crippen LogP contribution in [0.1, 0.15) is 24.8 Å². The molecular formula is C16H20O3S. The van der Waals surface area contributed by atoms with Crippen molar-refractivity contribution >= 4 is 10.8 Å². The maximum atomic E-state index is 12.3. The van der Waals surface area contributed by atoms with Gasteiger partial charge in [0.2, 0.25) is 0 Å². The Kier molecular flexibility index (Phi) is 4.06. The quantitative estimate of drug-likeness (QED) is 0.804. The Labute approximate surface area is 122 Å². The van der Waals surface area contributed by atoms with Gasteiger partial charge in [-0.2, -0.15) is 0 Å². The molecule has 0 unspecified atom stereocenters. The van der Waals surface area contributed by atoms with Gasteiger partial charge in [-0.15, -0.1) is 0 Å². The second-order valence-corrected chi connectivity index (χ2v) is 6.93. The summed E-state index contributed by atoms with van der Waals surface area (Å²) in [6.07, 6.45) is 4.73. The number of hydrogen-bond donors (Lipinski definition) is 0. The molecule has 1 spiro atoms. The average Bonchev–Trinajstić information content (AvgIpc) is 2.91. The Morgan fingerprint density at radius 2 is 1.90 bits per heavy atom. The van der Waals surface area contributed by atoms with E-state index in [0.717, 1.165) is 24.2 Å². The zero-order valence-electron chi connectivity index (χ0n) is 11.8. The van der Waals surface area contributed by atoms with E-state index in [1.54, 1.807) is 0 Å². The van der Waals surface area contributed by atoms with Gasteiger partial charge >= 0.3 is 0 Å². The van der Waals surface area contributed by atoms with Crippen LogP contribution in [0, 0.1) is 6.92 Å². The van der Waals surface area contributed by atoms with E-state index in [1.807, 2.05) is 31.2 Å². The summed E-state index contributed by atoms with van der Waals surface area (Å²) in [4.78, 5) is 0.908. The minimum atomic E-state index is -0.952. The van der Waals surface area contributed by atoms with Crippen LogP contribution in [-0.4, -0.2) is 29.0 Å². The molecule has 4 heteroatoms. The summed E-state index contributed by atoms with van der Waals surface area (Å²) in [5, 5.41) is 0. The first kappa shape index (κ1) is 14.0. The van der Waals surface area contributed by atoms with Gasteiger partial charge in [0.1, 0.15) is 0 Å². The van der Waals surface area contributed by atoms with Crippen LogP contribution in [0.25, 0.3) is 0 Å². The number of benzene rings is 1. The topological polar surface area (TPSA) is 35.5 Å². The lowest BCUT2D eigenvalue weighted by atomic mass is 9.95. The van der Waals surface area contributed by atoms with Gasteiger partial charge < -0.3 is 9.47 Å². The zero-order valence-corrected chi connectivity index (χ0v) is 12.6. The van der Waals surface area contributed by atoms with Crippen molar-refractivity contribution in [2.75, 3.05) is 19.0 Å². The lowest BCUT2D eigenvalue weighted by molar-refractivity contribution is -0.161. The monoisotopic (exact) mass is 292 g/mol. The molecule has 1 aromatic rings. The molecule has 2 aliphatic rings. The molecule has 0 N–H and O–H groups in total. The molecule has 0 aromatic heterocycles. The molecule has 0 radical (unpaired) electrons. The van der Waals surface area contributed by atoms with E-state index in [9.17, 15) is 4.21 Å².